The fourth-order valence-corrected chi connectivity index (χ4v) is 5.33. The van der Waals surface area contributed by atoms with Crippen LogP contribution in [0, 0.1) is 0 Å². The molecule has 31 heavy (non-hydrogen) atoms. The third kappa shape index (κ3) is 2.72. The number of fused-ring (bicyclic) bond motifs is 3. The van der Waals surface area contributed by atoms with E-state index in [9.17, 15) is 9.59 Å². The van der Waals surface area contributed by atoms with Gasteiger partial charge in [0.1, 0.15) is 5.58 Å². The number of amides is 1. The summed E-state index contributed by atoms with van der Waals surface area (Å²) in [5, 5.41) is 1.54. The quantitative estimate of drug-likeness (QED) is 0.345. The number of nitrogens with zero attached hydrogens (tertiary/aromatic N) is 2. The first-order chi connectivity index (χ1) is 15.1. The largest absolute Gasteiger partial charge is 0.450 e. The predicted octanol–water partition coefficient (Wildman–Crippen LogP) is 5.81. The van der Waals surface area contributed by atoms with E-state index in [-0.39, 0.29) is 17.1 Å². The molecule has 150 valence electrons. The summed E-state index contributed by atoms with van der Waals surface area (Å²) in [6, 6.07) is 21.2. The molecule has 1 aliphatic rings. The number of anilines is 1. The van der Waals surface area contributed by atoms with E-state index in [0.717, 1.165) is 15.8 Å². The summed E-state index contributed by atoms with van der Waals surface area (Å²) in [6.45, 7) is 0. The molecule has 1 amide bonds. The number of thiazole rings is 1. The van der Waals surface area contributed by atoms with E-state index >= 15 is 0 Å². The molecular weight excluding hydrogens is 432 g/mol. The first kappa shape index (κ1) is 18.3. The van der Waals surface area contributed by atoms with Crippen LogP contribution >= 0.6 is 22.9 Å². The summed E-state index contributed by atoms with van der Waals surface area (Å²) in [5.74, 6) is -0.313. The second-order valence-corrected chi connectivity index (χ2v) is 8.71. The zero-order chi connectivity index (χ0) is 21.1. The van der Waals surface area contributed by atoms with Crippen molar-refractivity contribution in [3.63, 3.8) is 0 Å². The molecule has 1 atom stereocenters. The van der Waals surface area contributed by atoms with Crippen molar-refractivity contribution in [3.05, 3.63) is 105 Å². The molecule has 0 spiro atoms. The highest BCUT2D eigenvalue weighted by molar-refractivity contribution is 7.22. The van der Waals surface area contributed by atoms with Crippen molar-refractivity contribution in [3.8, 4) is 0 Å². The summed E-state index contributed by atoms with van der Waals surface area (Å²) >= 11 is 7.49. The van der Waals surface area contributed by atoms with Gasteiger partial charge in [0.2, 0.25) is 5.76 Å². The molecule has 0 bridgehead atoms. The standard InChI is InChI=1S/C24H13ClN2O3S/c25-14-10-11-16-18(12-14)31-24(26-16)27-20(13-6-2-1-3-7-13)19-21(28)15-8-4-5-9-17(15)30-22(19)23(27)29/h1-12,20H. The van der Waals surface area contributed by atoms with Crippen LogP contribution in [0.3, 0.4) is 0 Å². The van der Waals surface area contributed by atoms with Crippen LogP contribution in [-0.2, 0) is 0 Å². The molecule has 7 heteroatoms. The van der Waals surface area contributed by atoms with Gasteiger partial charge in [-0.15, -0.1) is 0 Å². The van der Waals surface area contributed by atoms with Gasteiger partial charge in [-0.1, -0.05) is 65.4 Å². The molecule has 3 aromatic carbocycles. The number of carbonyl (C=O) groups excluding carboxylic acids is 1. The SMILES string of the molecule is O=C1c2oc3ccccc3c(=O)c2C(c2ccccc2)N1c1nc2ccc(Cl)cc2s1. The van der Waals surface area contributed by atoms with Crippen LogP contribution in [0.5, 0.6) is 0 Å². The second-order valence-electron chi connectivity index (χ2n) is 7.27. The second kappa shape index (κ2) is 6.77. The molecule has 0 radical (unpaired) electrons. The lowest BCUT2D eigenvalue weighted by Crippen LogP contribution is -2.29. The smallest absolute Gasteiger partial charge is 0.297 e. The number of benzene rings is 3. The van der Waals surface area contributed by atoms with E-state index in [1.54, 1.807) is 35.2 Å². The molecule has 5 nitrogen and oxygen atoms in total. The first-order valence-electron chi connectivity index (χ1n) is 9.62. The maximum Gasteiger partial charge on any atom is 0.297 e. The molecule has 0 saturated carbocycles. The third-order valence-electron chi connectivity index (χ3n) is 5.44. The number of para-hydroxylation sites is 1. The summed E-state index contributed by atoms with van der Waals surface area (Å²) < 4.78 is 6.82. The van der Waals surface area contributed by atoms with E-state index in [1.165, 1.54) is 11.3 Å². The Morgan fingerprint density at radius 1 is 0.968 bits per heavy atom. The van der Waals surface area contributed by atoms with Crippen LogP contribution in [0.2, 0.25) is 5.02 Å². The molecule has 6 rings (SSSR count). The zero-order valence-corrected chi connectivity index (χ0v) is 17.5. The summed E-state index contributed by atoms with van der Waals surface area (Å²) in [5.41, 5.74) is 2.08. The van der Waals surface area contributed by atoms with Crippen LogP contribution < -0.4 is 10.3 Å². The van der Waals surface area contributed by atoms with Gasteiger partial charge in [0, 0.05) is 5.02 Å². The minimum absolute atomic E-state index is 0.0647. The van der Waals surface area contributed by atoms with Gasteiger partial charge in [-0.2, -0.15) is 0 Å². The van der Waals surface area contributed by atoms with E-state index in [1.807, 2.05) is 42.5 Å². The summed E-state index contributed by atoms with van der Waals surface area (Å²) in [4.78, 5) is 33.2. The summed E-state index contributed by atoms with van der Waals surface area (Å²) in [7, 11) is 0. The number of aromatic nitrogens is 1. The highest BCUT2D eigenvalue weighted by Crippen LogP contribution is 2.43. The van der Waals surface area contributed by atoms with Crippen molar-refractivity contribution < 1.29 is 9.21 Å². The number of rotatable bonds is 2. The Bertz CT molecular complexity index is 1560. The molecule has 0 saturated heterocycles. The predicted molar refractivity (Wildman–Crippen MR) is 122 cm³/mol. The van der Waals surface area contributed by atoms with Crippen LogP contribution in [0.1, 0.15) is 27.7 Å². The molecule has 3 heterocycles. The Kier molecular flexibility index (Phi) is 4.00. The van der Waals surface area contributed by atoms with Crippen LogP contribution in [-0.4, -0.2) is 10.9 Å². The van der Waals surface area contributed by atoms with Crippen LogP contribution in [0.4, 0.5) is 5.13 Å². The molecule has 1 unspecified atom stereocenters. The zero-order valence-electron chi connectivity index (χ0n) is 15.9. The maximum atomic E-state index is 13.6. The van der Waals surface area contributed by atoms with E-state index < -0.39 is 6.04 Å². The average molecular weight is 445 g/mol. The van der Waals surface area contributed by atoms with Gasteiger partial charge in [0.05, 0.1) is 27.2 Å². The van der Waals surface area contributed by atoms with E-state index in [4.69, 9.17) is 16.0 Å². The normalized spacial score (nSPS) is 15.7. The lowest BCUT2D eigenvalue weighted by Gasteiger charge is -2.22. The minimum Gasteiger partial charge on any atom is -0.450 e. The van der Waals surface area contributed by atoms with Gasteiger partial charge < -0.3 is 4.42 Å². The molecule has 2 aromatic heterocycles. The fraction of sp³-hybridized carbons (Fsp3) is 0.0417. The summed E-state index contributed by atoms with van der Waals surface area (Å²) in [6.07, 6.45) is 0. The van der Waals surface area contributed by atoms with Crippen LogP contribution in [0.15, 0.2) is 82.0 Å². The molecule has 0 fully saturated rings. The Morgan fingerprint density at radius 3 is 2.58 bits per heavy atom. The van der Waals surface area contributed by atoms with Crippen molar-refractivity contribution in [2.24, 2.45) is 0 Å². The van der Waals surface area contributed by atoms with Gasteiger partial charge >= 0.3 is 0 Å². The van der Waals surface area contributed by atoms with E-state index in [2.05, 4.69) is 4.98 Å². The van der Waals surface area contributed by atoms with Crippen molar-refractivity contribution in [2.75, 3.05) is 4.90 Å². The number of carbonyl (C=O) groups is 1. The number of halogens is 1. The van der Waals surface area contributed by atoms with Gasteiger partial charge in [-0.25, -0.2) is 4.98 Å². The first-order valence-corrected chi connectivity index (χ1v) is 10.8. The van der Waals surface area contributed by atoms with E-state index in [0.29, 0.717) is 26.7 Å². The average Bonchev–Trinajstić information content (AvgIpc) is 3.33. The Labute approximate surface area is 185 Å². The monoisotopic (exact) mass is 444 g/mol. The maximum absolute atomic E-state index is 13.6. The highest BCUT2D eigenvalue weighted by Gasteiger charge is 2.44. The van der Waals surface area contributed by atoms with Gasteiger partial charge in [0.25, 0.3) is 5.91 Å². The molecular formula is C24H13ClN2O3S. The van der Waals surface area contributed by atoms with Crippen molar-refractivity contribution in [2.45, 2.75) is 6.04 Å². The molecule has 0 N–H and O–H groups in total. The number of hydrogen-bond acceptors (Lipinski definition) is 5. The van der Waals surface area contributed by atoms with Crippen molar-refractivity contribution in [1.29, 1.82) is 0 Å². The fourth-order valence-electron chi connectivity index (χ4n) is 4.06. The van der Waals surface area contributed by atoms with Gasteiger partial charge in [-0.3, -0.25) is 14.5 Å². The van der Waals surface area contributed by atoms with Crippen LogP contribution in [0.25, 0.3) is 21.2 Å². The third-order valence-corrected chi connectivity index (χ3v) is 6.69. The molecule has 1 aliphatic heterocycles. The van der Waals surface area contributed by atoms with Crippen molar-refractivity contribution in [1.82, 2.24) is 4.98 Å². The minimum atomic E-state index is -0.624. The Hall–Kier alpha value is -3.48. The highest BCUT2D eigenvalue weighted by atomic mass is 35.5. The lowest BCUT2D eigenvalue weighted by atomic mass is 9.99. The van der Waals surface area contributed by atoms with Gasteiger partial charge in [-0.05, 0) is 35.9 Å². The number of hydrogen-bond donors (Lipinski definition) is 0. The Balaban J connectivity index is 1.64. The Morgan fingerprint density at radius 2 is 1.74 bits per heavy atom. The van der Waals surface area contributed by atoms with Crippen molar-refractivity contribution >= 4 is 55.2 Å². The molecule has 5 aromatic rings. The molecule has 0 aliphatic carbocycles. The topological polar surface area (TPSA) is 63.4 Å². The van der Waals surface area contributed by atoms with Gasteiger partial charge in [0.15, 0.2) is 10.6 Å². The lowest BCUT2D eigenvalue weighted by molar-refractivity contribution is 0.0971.